The van der Waals surface area contributed by atoms with Gasteiger partial charge in [0.1, 0.15) is 5.75 Å². The summed E-state index contributed by atoms with van der Waals surface area (Å²) in [7, 11) is 0. The first-order chi connectivity index (χ1) is 10.3. The number of aliphatic hydroxyl groups excluding tert-OH is 1. The topological polar surface area (TPSA) is 104 Å². The van der Waals surface area contributed by atoms with Crippen LogP contribution in [0.4, 0.5) is 0 Å². The third kappa shape index (κ3) is 3.98. The molecule has 0 aliphatic rings. The van der Waals surface area contributed by atoms with Gasteiger partial charge in [0.2, 0.25) is 11.7 Å². The largest absolute Gasteiger partial charge is 0.479 e. The summed E-state index contributed by atoms with van der Waals surface area (Å²) >= 11 is 0. The van der Waals surface area contributed by atoms with Crippen molar-refractivity contribution in [3.05, 3.63) is 29.8 Å². The molecule has 2 unspecified atom stereocenters. The van der Waals surface area contributed by atoms with E-state index in [9.17, 15) is 19.8 Å². The van der Waals surface area contributed by atoms with E-state index in [2.05, 4.69) is 0 Å². The molecule has 0 radical (unpaired) electrons. The third-order valence-electron chi connectivity index (χ3n) is 3.58. The lowest BCUT2D eigenvalue weighted by atomic mass is 9.89. The van der Waals surface area contributed by atoms with Gasteiger partial charge < -0.3 is 20.1 Å². The smallest absolute Gasteiger partial charge is 0.351 e. The van der Waals surface area contributed by atoms with Crippen LogP contribution in [0.3, 0.4) is 0 Å². The molecule has 0 aliphatic carbocycles. The Labute approximate surface area is 129 Å². The zero-order chi connectivity index (χ0) is 16.8. The van der Waals surface area contributed by atoms with Crippen LogP contribution in [0.1, 0.15) is 38.2 Å². The monoisotopic (exact) mass is 310 g/mol. The average molecular weight is 310 g/mol. The van der Waals surface area contributed by atoms with E-state index in [-0.39, 0.29) is 12.2 Å². The molecule has 1 rings (SSSR count). The number of unbranched alkanes of at least 4 members (excludes halogenated alkanes) is 2. The van der Waals surface area contributed by atoms with Crippen LogP contribution in [-0.2, 0) is 9.59 Å². The normalized spacial score (nSPS) is 14.9. The van der Waals surface area contributed by atoms with E-state index in [1.165, 1.54) is 0 Å². The number of carboxylic acids is 2. The van der Waals surface area contributed by atoms with Gasteiger partial charge in [-0.25, -0.2) is 9.59 Å². The maximum atomic E-state index is 11.7. The molecular weight excluding hydrogens is 288 g/mol. The quantitative estimate of drug-likeness (QED) is 0.604. The molecule has 6 nitrogen and oxygen atoms in total. The summed E-state index contributed by atoms with van der Waals surface area (Å²) in [6.45, 7) is 3.67. The molecule has 0 heterocycles. The lowest BCUT2D eigenvalue weighted by Gasteiger charge is -2.33. The fourth-order valence-electron chi connectivity index (χ4n) is 2.22. The van der Waals surface area contributed by atoms with E-state index >= 15 is 0 Å². The lowest BCUT2D eigenvalue weighted by Crippen LogP contribution is -2.57. The summed E-state index contributed by atoms with van der Waals surface area (Å²) in [6, 6.07) is 6.70. The van der Waals surface area contributed by atoms with Crippen molar-refractivity contribution in [3.63, 3.8) is 0 Å². The van der Waals surface area contributed by atoms with Crippen molar-refractivity contribution in [1.82, 2.24) is 0 Å². The van der Waals surface area contributed by atoms with Gasteiger partial charge in [0.05, 0.1) is 0 Å². The molecular formula is C16H22O6. The SMILES string of the molecule is CCCCCC(Oc1ccccc1C)(C(=O)O)C(O)C(=O)O. The van der Waals surface area contributed by atoms with Gasteiger partial charge >= 0.3 is 11.9 Å². The lowest BCUT2D eigenvalue weighted by molar-refractivity contribution is -0.180. The number of carboxylic acid groups (broad SMARTS) is 2. The Morgan fingerprint density at radius 3 is 2.36 bits per heavy atom. The average Bonchev–Trinajstić information content (AvgIpc) is 2.47. The van der Waals surface area contributed by atoms with Gasteiger partial charge in [0.15, 0.2) is 0 Å². The maximum absolute atomic E-state index is 11.7. The standard InChI is InChI=1S/C16H22O6/c1-3-4-7-10-16(15(20)21,13(17)14(18)19)22-12-9-6-5-8-11(12)2/h5-6,8-9,13,17H,3-4,7,10H2,1-2H3,(H,18,19)(H,20,21). The summed E-state index contributed by atoms with van der Waals surface area (Å²) in [4.78, 5) is 22.9. The molecule has 0 fully saturated rings. The molecule has 0 saturated carbocycles. The zero-order valence-electron chi connectivity index (χ0n) is 12.8. The van der Waals surface area contributed by atoms with Crippen molar-refractivity contribution >= 4 is 11.9 Å². The second-order valence-electron chi connectivity index (χ2n) is 5.26. The van der Waals surface area contributed by atoms with Crippen molar-refractivity contribution < 1.29 is 29.6 Å². The molecule has 0 aromatic heterocycles. The molecule has 2 atom stereocenters. The van der Waals surface area contributed by atoms with Crippen LogP contribution >= 0.6 is 0 Å². The molecule has 0 spiro atoms. The molecule has 6 heteroatoms. The van der Waals surface area contributed by atoms with Gasteiger partial charge in [-0.1, -0.05) is 38.0 Å². The number of ether oxygens (including phenoxy) is 1. The molecule has 3 N–H and O–H groups in total. The molecule has 22 heavy (non-hydrogen) atoms. The minimum Gasteiger partial charge on any atom is -0.479 e. The predicted octanol–water partition coefficient (Wildman–Crippen LogP) is 2.22. The highest BCUT2D eigenvalue weighted by atomic mass is 16.5. The number of aliphatic carboxylic acids is 2. The van der Waals surface area contributed by atoms with Gasteiger partial charge in [0.25, 0.3) is 0 Å². The van der Waals surface area contributed by atoms with E-state index < -0.39 is 23.6 Å². The van der Waals surface area contributed by atoms with Crippen LogP contribution in [0.25, 0.3) is 0 Å². The second-order valence-corrected chi connectivity index (χ2v) is 5.26. The van der Waals surface area contributed by atoms with E-state index in [1.54, 1.807) is 31.2 Å². The van der Waals surface area contributed by atoms with Crippen molar-refractivity contribution in [2.75, 3.05) is 0 Å². The first-order valence-electron chi connectivity index (χ1n) is 7.24. The number of hydrogen-bond acceptors (Lipinski definition) is 4. The molecule has 0 amide bonds. The Morgan fingerprint density at radius 1 is 1.23 bits per heavy atom. The molecule has 0 saturated heterocycles. The second kappa shape index (κ2) is 7.79. The fourth-order valence-corrected chi connectivity index (χ4v) is 2.22. The molecule has 1 aromatic rings. The highest BCUT2D eigenvalue weighted by molar-refractivity contribution is 5.87. The van der Waals surface area contributed by atoms with Gasteiger partial charge in [-0.15, -0.1) is 0 Å². The minimum absolute atomic E-state index is 0.0853. The van der Waals surface area contributed by atoms with Crippen LogP contribution in [0.2, 0.25) is 0 Å². The number of carbonyl (C=O) groups is 2. The fraction of sp³-hybridized carbons (Fsp3) is 0.500. The summed E-state index contributed by atoms with van der Waals surface area (Å²) in [6.07, 6.45) is -0.236. The van der Waals surface area contributed by atoms with E-state index in [1.807, 2.05) is 6.92 Å². The van der Waals surface area contributed by atoms with Gasteiger partial charge in [-0.05, 0) is 25.0 Å². The minimum atomic E-state index is -2.20. The summed E-state index contributed by atoms with van der Waals surface area (Å²) in [5.74, 6) is -2.85. The van der Waals surface area contributed by atoms with Crippen LogP contribution in [0, 0.1) is 6.92 Å². The van der Waals surface area contributed by atoms with E-state index in [4.69, 9.17) is 9.84 Å². The highest BCUT2D eigenvalue weighted by Gasteiger charge is 2.51. The van der Waals surface area contributed by atoms with Gasteiger partial charge in [0, 0.05) is 6.42 Å². The van der Waals surface area contributed by atoms with Crippen LogP contribution in [0.5, 0.6) is 5.75 Å². The highest BCUT2D eigenvalue weighted by Crippen LogP contribution is 2.30. The molecule has 1 aromatic carbocycles. The van der Waals surface area contributed by atoms with Crippen LogP contribution in [0.15, 0.2) is 24.3 Å². The Hall–Kier alpha value is -2.08. The Kier molecular flexibility index (Phi) is 6.37. The van der Waals surface area contributed by atoms with Gasteiger partial charge in [-0.2, -0.15) is 0 Å². The van der Waals surface area contributed by atoms with Crippen LogP contribution in [-0.4, -0.2) is 39.0 Å². The number of rotatable bonds is 9. The number of para-hydroxylation sites is 1. The third-order valence-corrected chi connectivity index (χ3v) is 3.58. The van der Waals surface area contributed by atoms with Gasteiger partial charge in [-0.3, -0.25) is 0 Å². The van der Waals surface area contributed by atoms with E-state index in [0.717, 1.165) is 12.8 Å². The first-order valence-corrected chi connectivity index (χ1v) is 7.24. The molecule has 122 valence electrons. The van der Waals surface area contributed by atoms with Crippen molar-refractivity contribution in [3.8, 4) is 5.75 Å². The van der Waals surface area contributed by atoms with Crippen LogP contribution < -0.4 is 4.74 Å². The Bertz CT molecular complexity index is 527. The number of hydrogen-bond donors (Lipinski definition) is 3. The Morgan fingerprint density at radius 2 is 1.86 bits per heavy atom. The zero-order valence-corrected chi connectivity index (χ0v) is 12.8. The van der Waals surface area contributed by atoms with Crippen molar-refractivity contribution in [2.45, 2.75) is 51.2 Å². The van der Waals surface area contributed by atoms with Crippen molar-refractivity contribution in [2.24, 2.45) is 0 Å². The van der Waals surface area contributed by atoms with E-state index in [0.29, 0.717) is 12.0 Å². The van der Waals surface area contributed by atoms with Crippen molar-refractivity contribution in [1.29, 1.82) is 0 Å². The number of aryl methyl sites for hydroxylation is 1. The first kappa shape index (κ1) is 18.0. The predicted molar refractivity (Wildman–Crippen MR) is 80.0 cm³/mol. The summed E-state index contributed by atoms with van der Waals surface area (Å²) in [5.41, 5.74) is -1.53. The number of benzene rings is 1. The molecule has 0 bridgehead atoms. The maximum Gasteiger partial charge on any atom is 0.351 e. The summed E-state index contributed by atoms with van der Waals surface area (Å²) < 4.78 is 5.53. The Balaban J connectivity index is 3.20. The number of aliphatic hydroxyl groups is 1. The summed E-state index contributed by atoms with van der Waals surface area (Å²) in [5, 5.41) is 28.6. The molecule has 0 aliphatic heterocycles.